The van der Waals surface area contributed by atoms with Gasteiger partial charge in [-0.25, -0.2) is 4.39 Å². The molecule has 1 unspecified atom stereocenters. The minimum atomic E-state index is -0.288. The molecule has 0 heterocycles. The van der Waals surface area contributed by atoms with Crippen molar-refractivity contribution >= 4 is 11.8 Å². The number of hydrogen-bond donors (Lipinski definition) is 1. The van der Waals surface area contributed by atoms with Crippen LogP contribution in [0, 0.1) is 5.82 Å². The van der Waals surface area contributed by atoms with E-state index in [2.05, 4.69) is 6.26 Å². The smallest absolute Gasteiger partial charge is 0.126 e. The molecule has 1 aromatic carbocycles. The van der Waals surface area contributed by atoms with Crippen LogP contribution in [-0.2, 0) is 0 Å². The van der Waals surface area contributed by atoms with Crippen LogP contribution in [0.3, 0.4) is 0 Å². The summed E-state index contributed by atoms with van der Waals surface area (Å²) in [5, 5.41) is 0. The number of hydrogen-bond acceptors (Lipinski definition) is 3. The predicted octanol–water partition coefficient (Wildman–Crippen LogP) is 2.98. The quantitative estimate of drug-likeness (QED) is 0.780. The van der Waals surface area contributed by atoms with Gasteiger partial charge < -0.3 is 10.5 Å². The van der Waals surface area contributed by atoms with E-state index in [1.54, 1.807) is 17.8 Å². The second kappa shape index (κ2) is 6.76. The highest BCUT2D eigenvalue weighted by Crippen LogP contribution is 2.24. The molecule has 0 radical (unpaired) electrons. The van der Waals surface area contributed by atoms with Crippen molar-refractivity contribution in [1.29, 1.82) is 0 Å². The monoisotopic (exact) mass is 243 g/mol. The number of ether oxygens (including phenoxy) is 1. The van der Waals surface area contributed by atoms with Crippen LogP contribution in [0.15, 0.2) is 18.2 Å². The molecule has 0 saturated carbocycles. The number of halogens is 1. The third-order valence-corrected chi connectivity index (χ3v) is 2.91. The topological polar surface area (TPSA) is 35.2 Å². The standard InChI is InChI=1S/C12H18FNOS/c1-9(14)11-5-4-10(13)8-12(11)15-6-3-7-16-2/h4-5,8-9H,3,6-7,14H2,1-2H3. The summed E-state index contributed by atoms with van der Waals surface area (Å²) in [5.74, 6) is 1.32. The van der Waals surface area contributed by atoms with E-state index >= 15 is 0 Å². The van der Waals surface area contributed by atoms with Gasteiger partial charge in [-0.15, -0.1) is 0 Å². The van der Waals surface area contributed by atoms with Crippen LogP contribution in [0.5, 0.6) is 5.75 Å². The summed E-state index contributed by atoms with van der Waals surface area (Å²) in [6.45, 7) is 2.46. The Kier molecular flexibility index (Phi) is 5.63. The highest BCUT2D eigenvalue weighted by atomic mass is 32.2. The molecule has 0 fully saturated rings. The van der Waals surface area contributed by atoms with E-state index in [9.17, 15) is 4.39 Å². The van der Waals surface area contributed by atoms with Gasteiger partial charge >= 0.3 is 0 Å². The molecule has 0 amide bonds. The highest BCUT2D eigenvalue weighted by Gasteiger charge is 2.09. The fraction of sp³-hybridized carbons (Fsp3) is 0.500. The maximum Gasteiger partial charge on any atom is 0.126 e. The first-order valence-electron chi connectivity index (χ1n) is 5.32. The summed E-state index contributed by atoms with van der Waals surface area (Å²) in [7, 11) is 0. The van der Waals surface area contributed by atoms with Gasteiger partial charge in [0.15, 0.2) is 0 Å². The molecule has 1 rings (SSSR count). The molecular formula is C12H18FNOS. The first kappa shape index (κ1) is 13.3. The maximum absolute atomic E-state index is 13.1. The van der Waals surface area contributed by atoms with E-state index in [0.717, 1.165) is 17.7 Å². The van der Waals surface area contributed by atoms with Crippen molar-refractivity contribution in [2.24, 2.45) is 5.73 Å². The van der Waals surface area contributed by atoms with Crippen LogP contribution in [0.25, 0.3) is 0 Å². The van der Waals surface area contributed by atoms with E-state index in [0.29, 0.717) is 12.4 Å². The SMILES string of the molecule is CSCCCOc1cc(F)ccc1C(C)N. The zero-order chi connectivity index (χ0) is 12.0. The molecule has 2 nitrogen and oxygen atoms in total. The fourth-order valence-electron chi connectivity index (χ4n) is 1.39. The van der Waals surface area contributed by atoms with Gasteiger partial charge in [-0.2, -0.15) is 11.8 Å². The van der Waals surface area contributed by atoms with Crippen molar-refractivity contribution in [3.63, 3.8) is 0 Å². The minimum absolute atomic E-state index is 0.142. The van der Waals surface area contributed by atoms with Gasteiger partial charge in [0.25, 0.3) is 0 Å². The summed E-state index contributed by atoms with van der Waals surface area (Å²) in [6.07, 6.45) is 3.01. The van der Waals surface area contributed by atoms with Gasteiger partial charge in [-0.3, -0.25) is 0 Å². The third kappa shape index (κ3) is 4.02. The molecule has 0 aromatic heterocycles. The van der Waals surface area contributed by atoms with E-state index in [1.165, 1.54) is 12.1 Å². The zero-order valence-electron chi connectivity index (χ0n) is 9.70. The summed E-state index contributed by atoms with van der Waals surface area (Å²) in [6, 6.07) is 4.35. The second-order valence-corrected chi connectivity index (χ2v) is 4.65. The number of thioether (sulfide) groups is 1. The Bertz CT molecular complexity index is 331. The molecule has 1 aromatic rings. The Morgan fingerprint density at radius 2 is 2.25 bits per heavy atom. The Morgan fingerprint density at radius 3 is 2.88 bits per heavy atom. The molecule has 4 heteroatoms. The van der Waals surface area contributed by atoms with Gasteiger partial charge in [0, 0.05) is 17.7 Å². The molecule has 0 aliphatic rings. The first-order chi connectivity index (χ1) is 7.65. The molecule has 2 N–H and O–H groups in total. The maximum atomic E-state index is 13.1. The molecule has 0 aliphatic heterocycles. The zero-order valence-corrected chi connectivity index (χ0v) is 10.5. The van der Waals surface area contributed by atoms with E-state index in [1.807, 2.05) is 6.92 Å². The third-order valence-electron chi connectivity index (χ3n) is 2.22. The van der Waals surface area contributed by atoms with Crippen molar-refractivity contribution in [3.05, 3.63) is 29.6 Å². The number of benzene rings is 1. The van der Waals surface area contributed by atoms with Gasteiger partial charge in [-0.05, 0) is 31.4 Å². The van der Waals surface area contributed by atoms with Gasteiger partial charge in [0.1, 0.15) is 11.6 Å². The second-order valence-electron chi connectivity index (χ2n) is 3.67. The normalized spacial score (nSPS) is 12.5. The molecule has 90 valence electrons. The lowest BCUT2D eigenvalue weighted by molar-refractivity contribution is 0.312. The minimum Gasteiger partial charge on any atom is -0.493 e. The summed E-state index contributed by atoms with van der Waals surface area (Å²) >= 11 is 1.77. The van der Waals surface area contributed by atoms with E-state index < -0.39 is 0 Å². The predicted molar refractivity (Wildman–Crippen MR) is 67.5 cm³/mol. The Balaban J connectivity index is 2.65. The lowest BCUT2D eigenvalue weighted by atomic mass is 10.1. The lowest BCUT2D eigenvalue weighted by Gasteiger charge is -2.13. The lowest BCUT2D eigenvalue weighted by Crippen LogP contribution is -2.09. The molecular weight excluding hydrogens is 225 g/mol. The van der Waals surface area contributed by atoms with Crippen LogP contribution >= 0.6 is 11.8 Å². The summed E-state index contributed by atoms with van der Waals surface area (Å²) < 4.78 is 18.6. The first-order valence-corrected chi connectivity index (χ1v) is 6.71. The largest absolute Gasteiger partial charge is 0.493 e. The molecule has 0 aliphatic carbocycles. The molecule has 1 atom stereocenters. The number of nitrogens with two attached hydrogens (primary N) is 1. The van der Waals surface area contributed by atoms with Crippen molar-refractivity contribution in [2.75, 3.05) is 18.6 Å². The highest BCUT2D eigenvalue weighted by molar-refractivity contribution is 7.98. The van der Waals surface area contributed by atoms with Crippen LogP contribution in [0.1, 0.15) is 24.9 Å². The van der Waals surface area contributed by atoms with Crippen molar-refractivity contribution in [3.8, 4) is 5.75 Å². The van der Waals surface area contributed by atoms with Gasteiger partial charge in [0.2, 0.25) is 0 Å². The fourth-order valence-corrected chi connectivity index (χ4v) is 1.80. The molecule has 0 bridgehead atoms. The van der Waals surface area contributed by atoms with Crippen molar-refractivity contribution in [1.82, 2.24) is 0 Å². The Morgan fingerprint density at radius 1 is 1.50 bits per heavy atom. The van der Waals surface area contributed by atoms with Crippen LogP contribution in [-0.4, -0.2) is 18.6 Å². The van der Waals surface area contributed by atoms with E-state index in [-0.39, 0.29) is 11.9 Å². The van der Waals surface area contributed by atoms with E-state index in [4.69, 9.17) is 10.5 Å². The number of rotatable bonds is 6. The molecule has 0 spiro atoms. The molecule has 0 saturated heterocycles. The van der Waals surface area contributed by atoms with Gasteiger partial charge in [-0.1, -0.05) is 6.07 Å². The van der Waals surface area contributed by atoms with Crippen LogP contribution in [0.4, 0.5) is 4.39 Å². The summed E-state index contributed by atoms with van der Waals surface area (Å²) in [4.78, 5) is 0. The molecule has 16 heavy (non-hydrogen) atoms. The average molecular weight is 243 g/mol. The summed E-state index contributed by atoms with van der Waals surface area (Å²) in [5.41, 5.74) is 6.64. The van der Waals surface area contributed by atoms with Crippen LogP contribution < -0.4 is 10.5 Å². The average Bonchev–Trinajstić information content (AvgIpc) is 2.24. The van der Waals surface area contributed by atoms with Crippen LogP contribution in [0.2, 0.25) is 0 Å². The Labute approximate surface area is 100 Å². The van der Waals surface area contributed by atoms with Gasteiger partial charge in [0.05, 0.1) is 6.61 Å². The van der Waals surface area contributed by atoms with Crippen molar-refractivity contribution < 1.29 is 9.13 Å². The Hall–Kier alpha value is -0.740. The van der Waals surface area contributed by atoms with Crippen molar-refractivity contribution in [2.45, 2.75) is 19.4 Å².